The number of aliphatic hydroxyl groups is 4. The van der Waals surface area contributed by atoms with Crippen LogP contribution < -0.4 is 0 Å². The van der Waals surface area contributed by atoms with Crippen LogP contribution in [-0.4, -0.2) is 81.7 Å². The van der Waals surface area contributed by atoms with Crippen molar-refractivity contribution in [2.24, 2.45) is 0 Å². The van der Waals surface area contributed by atoms with Gasteiger partial charge in [-0.1, -0.05) is 0 Å². The molecule has 0 aliphatic carbocycles. The summed E-state index contributed by atoms with van der Waals surface area (Å²) in [5.41, 5.74) is -0.817. The molecule has 0 radical (unpaired) electrons. The third kappa shape index (κ3) is 5.38. The van der Waals surface area contributed by atoms with E-state index in [0.29, 0.717) is 5.08 Å². The summed E-state index contributed by atoms with van der Waals surface area (Å²) < 4.78 is 27.1. The predicted octanol–water partition coefficient (Wildman–Crippen LogP) is -1.79. The molecule has 5 atom stereocenters. The van der Waals surface area contributed by atoms with Crippen molar-refractivity contribution in [2.45, 2.75) is 29.9 Å². The van der Waals surface area contributed by atoms with Crippen molar-refractivity contribution < 1.29 is 33.6 Å². The Balaban J connectivity index is 2.44. The number of sulfone groups is 1. The first-order valence-electron chi connectivity index (χ1n) is 5.44. The lowest BCUT2D eigenvalue weighted by atomic mass is 10.0. The third-order valence-electron chi connectivity index (χ3n) is 2.46. The van der Waals surface area contributed by atoms with Crippen LogP contribution in [0.5, 0.6) is 0 Å². The highest BCUT2D eigenvalue weighted by molar-refractivity contribution is 8.21. The minimum Gasteiger partial charge on any atom is -0.394 e. The van der Waals surface area contributed by atoms with E-state index in [1.165, 1.54) is 0 Å². The summed E-state index contributed by atoms with van der Waals surface area (Å²) in [6.45, 7) is -0.474. The van der Waals surface area contributed by atoms with Crippen LogP contribution in [0.4, 0.5) is 0 Å². The first-order chi connectivity index (χ1) is 8.76. The molecule has 1 aliphatic rings. The Kier molecular flexibility index (Phi) is 6.87. The van der Waals surface area contributed by atoms with Crippen molar-refractivity contribution in [1.29, 1.82) is 0 Å². The number of thioether (sulfide) groups is 2. The van der Waals surface area contributed by atoms with E-state index >= 15 is 0 Å². The van der Waals surface area contributed by atoms with Gasteiger partial charge in [-0.2, -0.15) is 0 Å². The summed E-state index contributed by atoms with van der Waals surface area (Å²) in [5.74, 6) is 0. The standard InChI is InChI=1S/C9H18O7S3/c1-19(14,15)4-17-3-18-9-8(13)7(12)6(11)5(2-10)16-9/h5-13H,2-4H2,1H3. The summed E-state index contributed by atoms with van der Waals surface area (Å²) in [6.07, 6.45) is -3.88. The Morgan fingerprint density at radius 3 is 2.32 bits per heavy atom. The van der Waals surface area contributed by atoms with Crippen LogP contribution >= 0.6 is 23.5 Å². The third-order valence-corrected chi connectivity index (χ3v) is 6.77. The van der Waals surface area contributed by atoms with Crippen LogP contribution in [0.25, 0.3) is 0 Å². The summed E-state index contributed by atoms with van der Waals surface area (Å²) in [5, 5.41) is 38.1. The lowest BCUT2D eigenvalue weighted by Gasteiger charge is -2.39. The molecule has 7 nitrogen and oxygen atoms in total. The molecule has 1 saturated heterocycles. The summed E-state index contributed by atoms with van der Waals surface area (Å²) >= 11 is 2.26. The molecule has 1 aliphatic heterocycles. The number of aliphatic hydroxyl groups excluding tert-OH is 4. The summed E-state index contributed by atoms with van der Waals surface area (Å²) in [7, 11) is -3.06. The smallest absolute Gasteiger partial charge is 0.156 e. The molecule has 10 heteroatoms. The zero-order valence-electron chi connectivity index (χ0n) is 10.2. The number of hydrogen-bond donors (Lipinski definition) is 4. The van der Waals surface area contributed by atoms with Gasteiger partial charge in [0.1, 0.15) is 29.9 Å². The second-order valence-electron chi connectivity index (χ2n) is 4.23. The van der Waals surface area contributed by atoms with E-state index in [1.807, 2.05) is 0 Å². The van der Waals surface area contributed by atoms with Gasteiger partial charge in [0.2, 0.25) is 0 Å². The van der Waals surface area contributed by atoms with Gasteiger partial charge in [-0.25, -0.2) is 8.42 Å². The maximum atomic E-state index is 10.9. The predicted molar refractivity (Wildman–Crippen MR) is 73.5 cm³/mol. The lowest BCUT2D eigenvalue weighted by Crippen LogP contribution is -2.57. The molecule has 19 heavy (non-hydrogen) atoms. The van der Waals surface area contributed by atoms with Gasteiger partial charge < -0.3 is 25.2 Å². The molecule has 4 N–H and O–H groups in total. The van der Waals surface area contributed by atoms with Crippen molar-refractivity contribution in [3.63, 3.8) is 0 Å². The van der Waals surface area contributed by atoms with Gasteiger partial charge in [-0.15, -0.1) is 23.5 Å². The average Bonchev–Trinajstić information content (AvgIpc) is 2.33. The zero-order chi connectivity index (χ0) is 14.6. The first kappa shape index (κ1) is 17.5. The molecular weight excluding hydrogens is 316 g/mol. The Hall–Kier alpha value is 0.450. The maximum Gasteiger partial charge on any atom is 0.156 e. The second kappa shape index (κ2) is 7.46. The lowest BCUT2D eigenvalue weighted by molar-refractivity contribution is -0.205. The van der Waals surface area contributed by atoms with Crippen LogP contribution in [0.15, 0.2) is 0 Å². The monoisotopic (exact) mass is 334 g/mol. The van der Waals surface area contributed by atoms with Gasteiger partial charge >= 0.3 is 0 Å². The second-order valence-corrected chi connectivity index (χ2v) is 9.17. The maximum absolute atomic E-state index is 10.9. The van der Waals surface area contributed by atoms with Gasteiger partial charge in [0.15, 0.2) is 9.84 Å². The van der Waals surface area contributed by atoms with E-state index in [1.54, 1.807) is 0 Å². The summed E-state index contributed by atoms with van der Waals surface area (Å²) in [4.78, 5) is 0. The van der Waals surface area contributed by atoms with Gasteiger partial charge in [-0.3, -0.25) is 0 Å². The highest BCUT2D eigenvalue weighted by atomic mass is 32.3. The Labute approximate surface area is 120 Å². The van der Waals surface area contributed by atoms with E-state index in [0.717, 1.165) is 29.8 Å². The zero-order valence-corrected chi connectivity index (χ0v) is 12.7. The van der Waals surface area contributed by atoms with Crippen LogP contribution in [0.3, 0.4) is 0 Å². The highest BCUT2D eigenvalue weighted by Crippen LogP contribution is 2.30. The normalized spacial score (nSPS) is 36.4. The van der Waals surface area contributed by atoms with Crippen molar-refractivity contribution >= 4 is 33.4 Å². The summed E-state index contributed by atoms with van der Waals surface area (Å²) in [6, 6.07) is 0. The number of ether oxygens (including phenoxy) is 1. The molecule has 1 heterocycles. The minimum atomic E-state index is -3.06. The molecule has 0 amide bonds. The molecule has 0 bridgehead atoms. The van der Waals surface area contributed by atoms with Crippen molar-refractivity contribution in [3.8, 4) is 0 Å². The first-order valence-corrected chi connectivity index (χ1v) is 9.70. The fourth-order valence-corrected chi connectivity index (χ4v) is 5.10. The molecule has 0 saturated carbocycles. The Bertz CT molecular complexity index is 372. The molecule has 0 aromatic carbocycles. The molecule has 114 valence electrons. The molecule has 0 aromatic heterocycles. The van der Waals surface area contributed by atoms with Gasteiger partial charge in [0.05, 0.1) is 11.7 Å². The van der Waals surface area contributed by atoms with Gasteiger partial charge in [0.25, 0.3) is 0 Å². The molecule has 0 aromatic rings. The van der Waals surface area contributed by atoms with Crippen molar-refractivity contribution in [2.75, 3.05) is 23.0 Å². The van der Waals surface area contributed by atoms with E-state index in [9.17, 15) is 23.7 Å². The van der Waals surface area contributed by atoms with Crippen LogP contribution in [0.2, 0.25) is 0 Å². The average molecular weight is 334 g/mol. The molecular formula is C9H18O7S3. The molecule has 5 unspecified atom stereocenters. The van der Waals surface area contributed by atoms with Crippen molar-refractivity contribution in [1.82, 2.24) is 0 Å². The largest absolute Gasteiger partial charge is 0.394 e. The van der Waals surface area contributed by atoms with E-state index in [-0.39, 0.29) is 5.08 Å². The van der Waals surface area contributed by atoms with Crippen molar-refractivity contribution in [3.05, 3.63) is 0 Å². The van der Waals surface area contributed by atoms with E-state index in [4.69, 9.17) is 9.84 Å². The molecule has 0 spiro atoms. The molecule has 1 fully saturated rings. The minimum absolute atomic E-state index is 0.0442. The fourth-order valence-electron chi connectivity index (χ4n) is 1.51. The SMILES string of the molecule is CS(=O)(=O)CSCSC1OC(CO)C(O)C(O)C1O. The molecule has 1 rings (SSSR count). The Morgan fingerprint density at radius 2 is 1.79 bits per heavy atom. The fraction of sp³-hybridized carbons (Fsp3) is 1.00. The quantitative estimate of drug-likeness (QED) is 0.329. The topological polar surface area (TPSA) is 124 Å². The number of hydrogen-bond acceptors (Lipinski definition) is 9. The number of rotatable bonds is 6. The van der Waals surface area contributed by atoms with E-state index < -0.39 is 46.3 Å². The van der Waals surface area contributed by atoms with Gasteiger partial charge in [0, 0.05) is 11.3 Å². The Morgan fingerprint density at radius 1 is 1.16 bits per heavy atom. The van der Waals surface area contributed by atoms with E-state index in [2.05, 4.69) is 0 Å². The van der Waals surface area contributed by atoms with Gasteiger partial charge in [-0.05, 0) is 0 Å². The van der Waals surface area contributed by atoms with Crippen LogP contribution in [0.1, 0.15) is 0 Å². The van der Waals surface area contributed by atoms with Crippen LogP contribution in [0, 0.1) is 0 Å². The van der Waals surface area contributed by atoms with Crippen LogP contribution in [-0.2, 0) is 14.6 Å². The highest BCUT2D eigenvalue weighted by Gasteiger charge is 2.43.